The number of nitrogen functional groups attached to an aromatic ring is 1. The van der Waals surface area contributed by atoms with Gasteiger partial charge >= 0.3 is 0 Å². The van der Waals surface area contributed by atoms with Crippen molar-refractivity contribution < 1.29 is 5.11 Å². The molecule has 0 amide bonds. The van der Waals surface area contributed by atoms with Crippen LogP contribution in [0.2, 0.25) is 0 Å². The third-order valence-electron chi connectivity index (χ3n) is 5.80. The minimum Gasteiger partial charge on any atom is -0.391 e. The molecular formula is C19H29N5OS. The van der Waals surface area contributed by atoms with Crippen molar-refractivity contribution in [3.63, 3.8) is 0 Å². The van der Waals surface area contributed by atoms with E-state index in [0.717, 1.165) is 47.2 Å². The fraction of sp³-hybridized carbons (Fsp3) is 0.684. The molecule has 142 valence electrons. The SMILES string of the molecule is Nc1ncnc2c(CN3CC(O)C(CSC4CCCCCC4)C3)c[nH]c12. The normalized spacial score (nSPS) is 25.7. The number of aromatic nitrogens is 3. The van der Waals surface area contributed by atoms with Crippen molar-refractivity contribution in [2.24, 2.45) is 5.92 Å². The number of β-amino-alcohol motifs (C(OH)–C–C–N with tert-alkyl or cyclic N) is 1. The van der Waals surface area contributed by atoms with E-state index in [4.69, 9.17) is 5.73 Å². The molecule has 2 unspecified atom stereocenters. The number of nitrogens with two attached hydrogens (primary N) is 1. The summed E-state index contributed by atoms with van der Waals surface area (Å²) in [6, 6.07) is 0. The van der Waals surface area contributed by atoms with Crippen LogP contribution in [-0.4, -0.2) is 55.2 Å². The van der Waals surface area contributed by atoms with Gasteiger partial charge in [-0.05, 0) is 12.8 Å². The van der Waals surface area contributed by atoms with Gasteiger partial charge in [0.15, 0.2) is 5.82 Å². The molecule has 2 aliphatic rings. The summed E-state index contributed by atoms with van der Waals surface area (Å²) in [4.78, 5) is 13.9. The first-order valence-corrected chi connectivity index (χ1v) is 10.8. The first-order valence-electron chi connectivity index (χ1n) is 9.79. The van der Waals surface area contributed by atoms with Gasteiger partial charge in [0.1, 0.15) is 11.8 Å². The van der Waals surface area contributed by atoms with Crippen LogP contribution in [0.4, 0.5) is 5.82 Å². The molecule has 0 spiro atoms. The third-order valence-corrected chi connectivity index (χ3v) is 7.36. The van der Waals surface area contributed by atoms with Crippen molar-refractivity contribution in [2.45, 2.75) is 56.4 Å². The Labute approximate surface area is 159 Å². The minimum absolute atomic E-state index is 0.224. The number of rotatable bonds is 5. The van der Waals surface area contributed by atoms with Crippen molar-refractivity contribution in [3.8, 4) is 0 Å². The Kier molecular flexibility index (Phi) is 5.66. The zero-order chi connectivity index (χ0) is 17.9. The number of nitrogens with one attached hydrogen (secondary N) is 1. The second-order valence-electron chi connectivity index (χ2n) is 7.76. The molecule has 1 saturated carbocycles. The van der Waals surface area contributed by atoms with Crippen LogP contribution in [0, 0.1) is 5.92 Å². The van der Waals surface area contributed by atoms with Gasteiger partial charge in [-0.2, -0.15) is 11.8 Å². The number of fused-ring (bicyclic) bond motifs is 1. The summed E-state index contributed by atoms with van der Waals surface area (Å²) in [5.74, 6) is 1.93. The fourth-order valence-corrected chi connectivity index (χ4v) is 5.79. The predicted molar refractivity (Wildman–Crippen MR) is 107 cm³/mol. The number of anilines is 1. The molecule has 1 aliphatic heterocycles. The van der Waals surface area contributed by atoms with Crippen LogP contribution in [0.15, 0.2) is 12.5 Å². The maximum absolute atomic E-state index is 10.5. The number of hydrogen-bond acceptors (Lipinski definition) is 6. The number of aliphatic hydroxyl groups is 1. The van der Waals surface area contributed by atoms with E-state index in [1.807, 2.05) is 6.20 Å². The summed E-state index contributed by atoms with van der Waals surface area (Å²) < 4.78 is 0. The van der Waals surface area contributed by atoms with Crippen LogP contribution >= 0.6 is 11.8 Å². The quantitative estimate of drug-likeness (QED) is 0.696. The Bertz CT molecular complexity index is 728. The van der Waals surface area contributed by atoms with Gasteiger partial charge in [0.05, 0.1) is 11.6 Å². The molecule has 1 saturated heterocycles. The minimum atomic E-state index is -0.224. The molecule has 2 atom stereocenters. The number of nitrogens with zero attached hydrogens (tertiary/aromatic N) is 3. The Hall–Kier alpha value is -1.31. The summed E-state index contributed by atoms with van der Waals surface area (Å²) in [6.07, 6.45) is 11.5. The van der Waals surface area contributed by atoms with Gasteiger partial charge in [0, 0.05) is 48.3 Å². The van der Waals surface area contributed by atoms with E-state index in [2.05, 4.69) is 31.6 Å². The van der Waals surface area contributed by atoms with Gasteiger partial charge in [0.2, 0.25) is 0 Å². The van der Waals surface area contributed by atoms with E-state index in [1.165, 1.54) is 44.9 Å². The molecule has 26 heavy (non-hydrogen) atoms. The number of aromatic amines is 1. The lowest BCUT2D eigenvalue weighted by Gasteiger charge is -2.18. The van der Waals surface area contributed by atoms with Crippen LogP contribution in [-0.2, 0) is 6.54 Å². The van der Waals surface area contributed by atoms with Gasteiger partial charge in [-0.3, -0.25) is 4.90 Å². The van der Waals surface area contributed by atoms with E-state index in [1.54, 1.807) is 0 Å². The average Bonchev–Trinajstić information content (AvgIpc) is 3.08. The molecule has 0 bridgehead atoms. The molecule has 0 aromatic carbocycles. The summed E-state index contributed by atoms with van der Waals surface area (Å²) in [5.41, 5.74) is 8.73. The molecule has 0 radical (unpaired) electrons. The van der Waals surface area contributed by atoms with E-state index in [0.29, 0.717) is 11.7 Å². The van der Waals surface area contributed by atoms with Gasteiger partial charge < -0.3 is 15.8 Å². The molecule has 7 heteroatoms. The Morgan fingerprint density at radius 1 is 1.19 bits per heavy atom. The standard InChI is InChI=1S/C19H29N5OS/c20-19-18-17(22-12-23-19)13(7-21-18)8-24-9-14(16(25)10-24)11-26-15-5-3-1-2-4-6-15/h7,12,14-16,21,25H,1-6,8-11H2,(H2,20,22,23). The van der Waals surface area contributed by atoms with Gasteiger partial charge in [0.25, 0.3) is 0 Å². The number of likely N-dealkylation sites (tertiary alicyclic amines) is 1. The molecular weight excluding hydrogens is 346 g/mol. The van der Waals surface area contributed by atoms with Crippen LogP contribution in [0.1, 0.15) is 44.1 Å². The van der Waals surface area contributed by atoms with Crippen LogP contribution in [0.3, 0.4) is 0 Å². The molecule has 3 heterocycles. The summed E-state index contributed by atoms with van der Waals surface area (Å²) in [5, 5.41) is 11.3. The fourth-order valence-electron chi connectivity index (χ4n) is 4.28. The summed E-state index contributed by atoms with van der Waals surface area (Å²) in [6.45, 7) is 2.48. The van der Waals surface area contributed by atoms with Gasteiger partial charge in [-0.15, -0.1) is 0 Å². The smallest absolute Gasteiger partial charge is 0.151 e. The highest BCUT2D eigenvalue weighted by Gasteiger charge is 2.32. The van der Waals surface area contributed by atoms with Crippen molar-refractivity contribution in [1.29, 1.82) is 0 Å². The summed E-state index contributed by atoms with van der Waals surface area (Å²) >= 11 is 2.10. The van der Waals surface area contributed by atoms with E-state index in [9.17, 15) is 5.11 Å². The maximum atomic E-state index is 10.5. The average molecular weight is 376 g/mol. The second kappa shape index (κ2) is 8.15. The molecule has 1 aliphatic carbocycles. The van der Waals surface area contributed by atoms with E-state index >= 15 is 0 Å². The zero-order valence-electron chi connectivity index (χ0n) is 15.2. The molecule has 2 fully saturated rings. The highest BCUT2D eigenvalue weighted by Crippen LogP contribution is 2.31. The van der Waals surface area contributed by atoms with Gasteiger partial charge in [-0.1, -0.05) is 25.7 Å². The van der Waals surface area contributed by atoms with Crippen LogP contribution in [0.25, 0.3) is 11.0 Å². The number of thioether (sulfide) groups is 1. The van der Waals surface area contributed by atoms with Gasteiger partial charge in [-0.25, -0.2) is 9.97 Å². The van der Waals surface area contributed by atoms with Crippen molar-refractivity contribution >= 4 is 28.6 Å². The van der Waals surface area contributed by atoms with Crippen LogP contribution in [0.5, 0.6) is 0 Å². The maximum Gasteiger partial charge on any atom is 0.151 e. The van der Waals surface area contributed by atoms with E-state index in [-0.39, 0.29) is 6.10 Å². The monoisotopic (exact) mass is 375 g/mol. The Morgan fingerprint density at radius 2 is 2.00 bits per heavy atom. The Morgan fingerprint density at radius 3 is 2.81 bits per heavy atom. The second-order valence-corrected chi connectivity index (χ2v) is 9.10. The lowest BCUT2D eigenvalue weighted by Crippen LogP contribution is -2.21. The molecule has 2 aromatic rings. The first-order chi connectivity index (χ1) is 12.7. The van der Waals surface area contributed by atoms with Crippen molar-refractivity contribution in [3.05, 3.63) is 18.1 Å². The Balaban J connectivity index is 1.33. The van der Waals surface area contributed by atoms with Crippen molar-refractivity contribution in [2.75, 3.05) is 24.6 Å². The largest absolute Gasteiger partial charge is 0.391 e. The summed E-state index contributed by atoms with van der Waals surface area (Å²) in [7, 11) is 0. The molecule has 4 rings (SSSR count). The first kappa shape index (κ1) is 18.1. The molecule has 6 nitrogen and oxygen atoms in total. The zero-order valence-corrected chi connectivity index (χ0v) is 16.0. The number of hydrogen-bond donors (Lipinski definition) is 3. The topological polar surface area (TPSA) is 91.1 Å². The highest BCUT2D eigenvalue weighted by molar-refractivity contribution is 7.99. The highest BCUT2D eigenvalue weighted by atomic mass is 32.2. The third kappa shape index (κ3) is 4.00. The molecule has 2 aromatic heterocycles. The lowest BCUT2D eigenvalue weighted by atomic mass is 10.1. The predicted octanol–water partition coefficient (Wildman–Crippen LogP) is 2.79. The van der Waals surface area contributed by atoms with E-state index < -0.39 is 0 Å². The molecule has 4 N–H and O–H groups in total. The number of aliphatic hydroxyl groups excluding tert-OH is 1. The number of H-pyrrole nitrogens is 1. The lowest BCUT2D eigenvalue weighted by molar-refractivity contribution is 0.149. The van der Waals surface area contributed by atoms with Crippen molar-refractivity contribution in [1.82, 2.24) is 19.9 Å². The van der Waals surface area contributed by atoms with Crippen LogP contribution < -0.4 is 5.73 Å².